The molecule has 0 amide bonds. The summed E-state index contributed by atoms with van der Waals surface area (Å²) in [7, 11) is 4.31. The van der Waals surface area contributed by atoms with Gasteiger partial charge in [0, 0.05) is 0 Å². The zero-order valence-corrected chi connectivity index (χ0v) is 13.6. The summed E-state index contributed by atoms with van der Waals surface area (Å²) >= 11 is 0. The van der Waals surface area contributed by atoms with Crippen LogP contribution in [0.2, 0.25) is 0 Å². The van der Waals surface area contributed by atoms with Crippen LogP contribution < -0.4 is 0 Å². The van der Waals surface area contributed by atoms with Crippen molar-refractivity contribution in [2.75, 3.05) is 20.6 Å². The van der Waals surface area contributed by atoms with Crippen molar-refractivity contribution >= 4 is 10.8 Å². The molecule has 0 heterocycles. The van der Waals surface area contributed by atoms with Gasteiger partial charge in [0.1, 0.15) is 0 Å². The molecule has 0 N–H and O–H groups in total. The average molecular weight is 283 g/mol. The zero-order valence-electron chi connectivity index (χ0n) is 13.6. The van der Waals surface area contributed by atoms with Gasteiger partial charge in [0.15, 0.2) is 0 Å². The summed E-state index contributed by atoms with van der Waals surface area (Å²) in [4.78, 5) is 2.28. The van der Waals surface area contributed by atoms with E-state index < -0.39 is 0 Å². The minimum atomic E-state index is 1.22. The molecule has 0 aliphatic carbocycles. The highest BCUT2D eigenvalue weighted by molar-refractivity contribution is 5.85. The first-order chi connectivity index (χ1) is 10.3. The molecule has 0 aliphatic rings. The van der Waals surface area contributed by atoms with Gasteiger partial charge in [-0.05, 0) is 56.2 Å². The minimum Gasteiger partial charge on any atom is -0.309 e. The quantitative estimate of drug-likeness (QED) is 0.566. The molecule has 2 aromatic rings. The molecule has 1 heteroatoms. The van der Waals surface area contributed by atoms with Crippen LogP contribution in [0.5, 0.6) is 0 Å². The van der Waals surface area contributed by atoms with Gasteiger partial charge in [-0.3, -0.25) is 0 Å². The molecule has 0 unspecified atom stereocenters. The smallest absolute Gasteiger partial charge is 0.00248 e. The maximum Gasteiger partial charge on any atom is -0.00248 e. The van der Waals surface area contributed by atoms with Crippen LogP contribution in [0.25, 0.3) is 10.8 Å². The molecule has 0 aliphatic heterocycles. The highest BCUT2D eigenvalue weighted by Gasteiger charge is 2.00. The van der Waals surface area contributed by atoms with Crippen LogP contribution in [0, 0.1) is 0 Å². The van der Waals surface area contributed by atoms with Crippen LogP contribution in [-0.2, 0) is 6.42 Å². The Kier molecular flexibility index (Phi) is 6.75. The van der Waals surface area contributed by atoms with E-state index in [9.17, 15) is 0 Å². The van der Waals surface area contributed by atoms with E-state index >= 15 is 0 Å². The van der Waals surface area contributed by atoms with Gasteiger partial charge in [0.25, 0.3) is 0 Å². The first-order valence-electron chi connectivity index (χ1n) is 8.39. The fourth-order valence-electron chi connectivity index (χ4n) is 2.96. The third-order valence-corrected chi connectivity index (χ3v) is 4.18. The predicted molar refractivity (Wildman–Crippen MR) is 93.9 cm³/mol. The summed E-state index contributed by atoms with van der Waals surface area (Å²) in [5, 5.41) is 2.81. The molecule has 0 saturated heterocycles. The Labute approximate surface area is 130 Å². The Morgan fingerprint density at radius 2 is 1.38 bits per heavy atom. The summed E-state index contributed by atoms with van der Waals surface area (Å²) in [5.41, 5.74) is 1.51. The fraction of sp³-hybridized carbons (Fsp3) is 0.500. The largest absolute Gasteiger partial charge is 0.309 e. The fourth-order valence-corrected chi connectivity index (χ4v) is 2.96. The lowest BCUT2D eigenvalue weighted by atomic mass is 9.99. The van der Waals surface area contributed by atoms with E-state index in [1.54, 1.807) is 0 Å². The third kappa shape index (κ3) is 5.51. The van der Waals surface area contributed by atoms with Crippen molar-refractivity contribution in [2.24, 2.45) is 0 Å². The van der Waals surface area contributed by atoms with Crippen molar-refractivity contribution in [3.05, 3.63) is 48.0 Å². The van der Waals surface area contributed by atoms with Crippen molar-refractivity contribution in [1.29, 1.82) is 0 Å². The number of benzene rings is 2. The summed E-state index contributed by atoms with van der Waals surface area (Å²) < 4.78 is 0. The van der Waals surface area contributed by atoms with E-state index in [2.05, 4.69) is 61.5 Å². The molecule has 21 heavy (non-hydrogen) atoms. The van der Waals surface area contributed by atoms with E-state index in [0.29, 0.717) is 0 Å². The number of aryl methyl sites for hydroxylation is 1. The molecule has 0 spiro atoms. The second-order valence-electron chi connectivity index (χ2n) is 6.31. The summed E-state index contributed by atoms with van der Waals surface area (Å²) in [5.74, 6) is 0. The number of hydrogen-bond acceptors (Lipinski definition) is 1. The maximum atomic E-state index is 2.29. The monoisotopic (exact) mass is 283 g/mol. The molecule has 1 nitrogen and oxygen atoms in total. The Bertz CT molecular complexity index is 525. The maximum absolute atomic E-state index is 2.29. The Morgan fingerprint density at radius 3 is 2.19 bits per heavy atom. The van der Waals surface area contributed by atoms with Crippen LogP contribution >= 0.6 is 0 Å². The Morgan fingerprint density at radius 1 is 0.714 bits per heavy atom. The second-order valence-corrected chi connectivity index (χ2v) is 6.31. The van der Waals surface area contributed by atoms with Gasteiger partial charge in [-0.25, -0.2) is 0 Å². The standard InChI is InChI=1S/C20H29N/c1-21(2)17-10-6-4-3-5-7-12-18-14-11-15-19-13-8-9-16-20(18)19/h8-9,11,13-16H,3-7,10,12,17H2,1-2H3. The summed E-state index contributed by atoms with van der Waals surface area (Å²) in [6, 6.07) is 15.4. The van der Waals surface area contributed by atoms with Crippen LogP contribution in [-0.4, -0.2) is 25.5 Å². The average Bonchev–Trinajstić information content (AvgIpc) is 2.50. The van der Waals surface area contributed by atoms with E-state index in [4.69, 9.17) is 0 Å². The van der Waals surface area contributed by atoms with Crippen LogP contribution in [0.4, 0.5) is 0 Å². The highest BCUT2D eigenvalue weighted by atomic mass is 15.0. The Hall–Kier alpha value is -1.34. The second kappa shape index (κ2) is 8.84. The van der Waals surface area contributed by atoms with Crippen molar-refractivity contribution in [3.8, 4) is 0 Å². The van der Waals surface area contributed by atoms with Gasteiger partial charge in [-0.15, -0.1) is 0 Å². The van der Waals surface area contributed by atoms with Crippen molar-refractivity contribution in [2.45, 2.75) is 44.9 Å². The lowest BCUT2D eigenvalue weighted by molar-refractivity contribution is 0.389. The lowest BCUT2D eigenvalue weighted by Crippen LogP contribution is -2.12. The number of rotatable bonds is 9. The normalized spacial score (nSPS) is 11.4. The molecule has 0 atom stereocenters. The van der Waals surface area contributed by atoms with Gasteiger partial charge in [-0.2, -0.15) is 0 Å². The van der Waals surface area contributed by atoms with Gasteiger partial charge in [0.2, 0.25) is 0 Å². The third-order valence-electron chi connectivity index (χ3n) is 4.18. The van der Waals surface area contributed by atoms with Crippen molar-refractivity contribution < 1.29 is 0 Å². The first-order valence-corrected chi connectivity index (χ1v) is 8.39. The topological polar surface area (TPSA) is 3.24 Å². The molecule has 0 saturated carbocycles. The van der Waals surface area contributed by atoms with Gasteiger partial charge in [0.05, 0.1) is 0 Å². The number of nitrogens with zero attached hydrogens (tertiary/aromatic N) is 1. The predicted octanol–water partition coefficient (Wildman–Crippen LogP) is 5.28. The van der Waals surface area contributed by atoms with Crippen LogP contribution in [0.15, 0.2) is 42.5 Å². The number of unbranched alkanes of at least 4 members (excludes halogenated alkanes) is 5. The summed E-state index contributed by atoms with van der Waals surface area (Å²) in [6.45, 7) is 1.23. The molecule has 0 fully saturated rings. The molecular formula is C20H29N. The number of fused-ring (bicyclic) bond motifs is 1. The van der Waals surface area contributed by atoms with Crippen LogP contribution in [0.3, 0.4) is 0 Å². The minimum absolute atomic E-state index is 1.22. The molecule has 0 radical (unpaired) electrons. The first kappa shape index (κ1) is 16.0. The van der Waals surface area contributed by atoms with E-state index in [-0.39, 0.29) is 0 Å². The molecule has 0 bridgehead atoms. The van der Waals surface area contributed by atoms with Gasteiger partial charge in [-0.1, -0.05) is 68.1 Å². The lowest BCUT2D eigenvalue weighted by Gasteiger charge is -2.09. The number of hydrogen-bond donors (Lipinski definition) is 0. The highest BCUT2D eigenvalue weighted by Crippen LogP contribution is 2.20. The van der Waals surface area contributed by atoms with E-state index in [1.807, 2.05) is 0 Å². The zero-order chi connectivity index (χ0) is 14.9. The SMILES string of the molecule is CN(C)CCCCCCCCc1cccc2ccccc12. The Balaban J connectivity index is 1.66. The summed E-state index contributed by atoms with van der Waals surface area (Å²) in [6.07, 6.45) is 9.41. The molecular weight excluding hydrogens is 254 g/mol. The molecule has 2 aromatic carbocycles. The molecule has 114 valence electrons. The molecule has 2 rings (SSSR count). The van der Waals surface area contributed by atoms with Gasteiger partial charge < -0.3 is 4.90 Å². The molecule has 0 aromatic heterocycles. The van der Waals surface area contributed by atoms with Gasteiger partial charge >= 0.3 is 0 Å². The van der Waals surface area contributed by atoms with E-state index in [1.165, 1.54) is 67.8 Å². The van der Waals surface area contributed by atoms with E-state index in [0.717, 1.165) is 0 Å². The van der Waals surface area contributed by atoms with Crippen molar-refractivity contribution in [1.82, 2.24) is 4.90 Å². The van der Waals surface area contributed by atoms with Crippen molar-refractivity contribution in [3.63, 3.8) is 0 Å². The van der Waals surface area contributed by atoms with Crippen LogP contribution in [0.1, 0.15) is 44.1 Å².